The van der Waals surface area contributed by atoms with Gasteiger partial charge in [0.15, 0.2) is 0 Å². The lowest BCUT2D eigenvalue weighted by Crippen LogP contribution is -2.68. The fraction of sp³-hybridized carbons (Fsp3) is 0.400. The van der Waals surface area contributed by atoms with Gasteiger partial charge >= 0.3 is 5.97 Å². The molecule has 0 aromatic rings. The van der Waals surface area contributed by atoms with Crippen molar-refractivity contribution < 1.29 is 19.5 Å². The first kappa shape index (κ1) is 13.6. The number of rotatable bonds is 3. The van der Waals surface area contributed by atoms with Crippen LogP contribution in [0, 0.1) is 0 Å². The van der Waals surface area contributed by atoms with Gasteiger partial charge in [-0.2, -0.15) is 5.10 Å². The Kier molecular flexibility index (Phi) is 3.58. The average molecular weight is 284 g/mol. The maximum Gasteiger partial charge on any atom is 0.353 e. The molecule has 0 spiro atoms. The topological polar surface area (TPSA) is 125 Å². The summed E-state index contributed by atoms with van der Waals surface area (Å²) in [6.45, 7) is 1.29. The van der Waals surface area contributed by atoms with Crippen molar-refractivity contribution in [3.8, 4) is 0 Å². The normalized spacial score (nSPS) is 26.2. The molecule has 4 N–H and O–H groups in total. The molecule has 2 atom stereocenters. The summed E-state index contributed by atoms with van der Waals surface area (Å²) in [5, 5.41) is 12.5. The molecule has 0 radical (unpaired) electrons. The van der Waals surface area contributed by atoms with E-state index in [1.54, 1.807) is 0 Å². The number of amides is 2. The van der Waals surface area contributed by atoms with E-state index in [1.165, 1.54) is 24.9 Å². The van der Waals surface area contributed by atoms with E-state index in [0.29, 0.717) is 11.3 Å². The number of carbonyl (C=O) groups is 3. The molecule has 0 aromatic heterocycles. The summed E-state index contributed by atoms with van der Waals surface area (Å²) >= 11 is 1.37. The third kappa shape index (κ3) is 2.34. The van der Waals surface area contributed by atoms with E-state index < -0.39 is 17.9 Å². The molecule has 1 saturated heterocycles. The lowest BCUT2D eigenvalue weighted by molar-refractivity contribution is -0.147. The van der Waals surface area contributed by atoms with E-state index in [0.717, 1.165) is 4.90 Å². The van der Waals surface area contributed by atoms with Gasteiger partial charge in [-0.25, -0.2) is 10.2 Å². The third-order valence-electron chi connectivity index (χ3n) is 2.68. The zero-order valence-electron chi connectivity index (χ0n) is 9.99. The van der Waals surface area contributed by atoms with Crippen LogP contribution in [0.25, 0.3) is 0 Å². The van der Waals surface area contributed by atoms with Gasteiger partial charge in [0.2, 0.25) is 11.8 Å². The van der Waals surface area contributed by atoms with Gasteiger partial charge in [0, 0.05) is 18.2 Å². The number of nitrogens with one attached hydrogen (secondary N) is 1. The molecule has 2 aliphatic heterocycles. The second kappa shape index (κ2) is 5.02. The molecule has 9 heteroatoms. The minimum atomic E-state index is -1.21. The molecule has 102 valence electrons. The van der Waals surface area contributed by atoms with Crippen LogP contribution < -0.4 is 11.2 Å². The number of hydrogen-bond acceptors (Lipinski definition) is 6. The van der Waals surface area contributed by atoms with Gasteiger partial charge in [0.05, 0.1) is 6.21 Å². The van der Waals surface area contributed by atoms with Crippen molar-refractivity contribution in [3.05, 3.63) is 11.3 Å². The van der Waals surface area contributed by atoms with Crippen LogP contribution in [-0.4, -0.2) is 51.2 Å². The van der Waals surface area contributed by atoms with Gasteiger partial charge in [-0.1, -0.05) is 0 Å². The number of fused-ring (bicyclic) bond motifs is 1. The minimum absolute atomic E-state index is 0.121. The van der Waals surface area contributed by atoms with E-state index in [2.05, 4.69) is 10.5 Å². The van der Waals surface area contributed by atoms with Crippen molar-refractivity contribution >= 4 is 35.8 Å². The summed E-state index contributed by atoms with van der Waals surface area (Å²) in [5.41, 5.74) is 8.03. The molecule has 2 amide bonds. The number of carboxylic acid groups (broad SMARTS) is 1. The van der Waals surface area contributed by atoms with Crippen LogP contribution >= 0.6 is 11.8 Å². The molecule has 8 nitrogen and oxygen atoms in total. The molecule has 0 saturated carbocycles. The van der Waals surface area contributed by atoms with E-state index in [1.807, 2.05) is 0 Å². The van der Waals surface area contributed by atoms with Crippen LogP contribution in [0.1, 0.15) is 6.92 Å². The Morgan fingerprint density at radius 3 is 2.89 bits per heavy atom. The molecule has 2 aliphatic rings. The SMILES string of the molecule is CC(=O)NN=CC1=C(C(=O)O)N2C(=O)C(N)[C@@H]2SC1. The van der Waals surface area contributed by atoms with Crippen LogP contribution in [0.2, 0.25) is 0 Å². The zero-order chi connectivity index (χ0) is 14.2. The molecule has 2 rings (SSSR count). The summed E-state index contributed by atoms with van der Waals surface area (Å²) in [4.78, 5) is 34.7. The number of aliphatic carboxylic acids is 1. The molecular weight excluding hydrogens is 272 g/mol. The molecule has 0 aliphatic carbocycles. The second-order valence-electron chi connectivity index (χ2n) is 4.04. The van der Waals surface area contributed by atoms with Gasteiger partial charge in [0.1, 0.15) is 17.1 Å². The molecular formula is C10H12N4O4S. The minimum Gasteiger partial charge on any atom is -0.477 e. The number of carbonyl (C=O) groups excluding carboxylic acids is 2. The van der Waals surface area contributed by atoms with Crippen molar-refractivity contribution in [1.29, 1.82) is 0 Å². The predicted octanol–water partition coefficient (Wildman–Crippen LogP) is -1.31. The molecule has 19 heavy (non-hydrogen) atoms. The first-order valence-corrected chi connectivity index (χ1v) is 6.44. The zero-order valence-corrected chi connectivity index (χ0v) is 10.8. The highest BCUT2D eigenvalue weighted by atomic mass is 32.2. The molecule has 0 bridgehead atoms. The fourth-order valence-corrected chi connectivity index (χ4v) is 3.08. The Hall–Kier alpha value is -1.87. The average Bonchev–Trinajstić information content (AvgIpc) is 2.36. The maximum atomic E-state index is 11.6. The smallest absolute Gasteiger partial charge is 0.353 e. The Morgan fingerprint density at radius 2 is 2.32 bits per heavy atom. The van der Waals surface area contributed by atoms with Crippen LogP contribution in [0.4, 0.5) is 0 Å². The van der Waals surface area contributed by atoms with E-state index >= 15 is 0 Å². The summed E-state index contributed by atoms with van der Waals surface area (Å²) in [6, 6.07) is -0.659. The Bertz CT molecular complexity index is 516. The standard InChI is InChI=1S/C10H12N4O4S/c1-4(15)13-12-2-5-3-19-9-6(11)8(16)14(9)7(5)10(17)18/h2,6,9H,3,11H2,1H3,(H,13,15)(H,17,18)/t6?,9-/m0/s1. The van der Waals surface area contributed by atoms with E-state index in [-0.39, 0.29) is 17.0 Å². The predicted molar refractivity (Wildman–Crippen MR) is 68.0 cm³/mol. The van der Waals surface area contributed by atoms with Crippen molar-refractivity contribution in [3.63, 3.8) is 0 Å². The van der Waals surface area contributed by atoms with E-state index in [4.69, 9.17) is 5.73 Å². The summed E-state index contributed by atoms with van der Waals surface area (Å²) in [6.07, 6.45) is 1.24. The first-order valence-electron chi connectivity index (χ1n) is 5.40. The van der Waals surface area contributed by atoms with Crippen LogP contribution in [0.3, 0.4) is 0 Å². The van der Waals surface area contributed by atoms with Crippen molar-refractivity contribution in [2.75, 3.05) is 5.75 Å². The molecule has 2 heterocycles. The monoisotopic (exact) mass is 284 g/mol. The van der Waals surface area contributed by atoms with Gasteiger partial charge in [-0.05, 0) is 0 Å². The first-order chi connectivity index (χ1) is 8.93. The molecule has 1 fully saturated rings. The van der Waals surface area contributed by atoms with Crippen LogP contribution in [0.5, 0.6) is 0 Å². The summed E-state index contributed by atoms with van der Waals surface area (Å²) < 4.78 is 0. The second-order valence-corrected chi connectivity index (χ2v) is 5.15. The van der Waals surface area contributed by atoms with Gasteiger partial charge in [-0.15, -0.1) is 11.8 Å². The lowest BCUT2D eigenvalue weighted by Gasteiger charge is -2.47. The number of nitrogens with two attached hydrogens (primary N) is 1. The Morgan fingerprint density at radius 1 is 1.63 bits per heavy atom. The number of β-lactam (4-membered cyclic amide) rings is 1. The number of hydrazone groups is 1. The van der Waals surface area contributed by atoms with Gasteiger partial charge in [-0.3, -0.25) is 14.5 Å². The highest BCUT2D eigenvalue weighted by Gasteiger charge is 2.51. The molecule has 1 unspecified atom stereocenters. The van der Waals surface area contributed by atoms with Crippen LogP contribution in [0.15, 0.2) is 16.4 Å². The summed E-state index contributed by atoms with van der Waals surface area (Å²) in [7, 11) is 0. The third-order valence-corrected chi connectivity index (χ3v) is 4.01. The number of carboxylic acids is 1. The number of thioether (sulfide) groups is 1. The highest BCUT2D eigenvalue weighted by molar-refractivity contribution is 8.00. The van der Waals surface area contributed by atoms with Crippen LogP contribution in [-0.2, 0) is 14.4 Å². The lowest BCUT2D eigenvalue weighted by atomic mass is 10.0. The van der Waals surface area contributed by atoms with Gasteiger partial charge in [0.25, 0.3) is 0 Å². The quantitative estimate of drug-likeness (QED) is 0.336. The summed E-state index contributed by atoms with van der Waals surface area (Å²) in [5.74, 6) is -1.63. The number of hydrogen-bond donors (Lipinski definition) is 3. The largest absolute Gasteiger partial charge is 0.477 e. The maximum absolute atomic E-state index is 11.6. The Balaban J connectivity index is 2.28. The van der Waals surface area contributed by atoms with Crippen molar-refractivity contribution in [1.82, 2.24) is 10.3 Å². The molecule has 0 aromatic carbocycles. The fourth-order valence-electron chi connectivity index (χ4n) is 1.84. The Labute approximate surface area is 112 Å². The van der Waals surface area contributed by atoms with Gasteiger partial charge < -0.3 is 10.8 Å². The number of nitrogens with zero attached hydrogens (tertiary/aromatic N) is 2. The van der Waals surface area contributed by atoms with Crippen molar-refractivity contribution in [2.24, 2.45) is 10.8 Å². The highest BCUT2D eigenvalue weighted by Crippen LogP contribution is 2.38. The van der Waals surface area contributed by atoms with E-state index in [9.17, 15) is 19.5 Å². The van der Waals surface area contributed by atoms with Crippen molar-refractivity contribution in [2.45, 2.75) is 18.3 Å².